The normalized spacial score (nSPS) is 17.3. The van der Waals surface area contributed by atoms with E-state index in [9.17, 15) is 13.2 Å². The maximum absolute atomic E-state index is 12.5. The van der Waals surface area contributed by atoms with Crippen molar-refractivity contribution in [3.05, 3.63) is 46.6 Å². The molecule has 8 heteroatoms. The Morgan fingerprint density at radius 2 is 2.21 bits per heavy atom. The predicted molar refractivity (Wildman–Crippen MR) is 92.3 cm³/mol. The molecule has 0 aliphatic heterocycles. The van der Waals surface area contributed by atoms with Crippen LogP contribution in [0.2, 0.25) is 0 Å². The molecule has 128 valence electrons. The van der Waals surface area contributed by atoms with Crippen molar-refractivity contribution in [2.75, 3.05) is 7.05 Å². The molecule has 0 fully saturated rings. The van der Waals surface area contributed by atoms with Crippen LogP contribution < -0.4 is 10.0 Å². The van der Waals surface area contributed by atoms with Crippen molar-refractivity contribution in [3.63, 3.8) is 0 Å². The molecule has 2 N–H and O–H groups in total. The van der Waals surface area contributed by atoms with Gasteiger partial charge in [-0.05, 0) is 50.1 Å². The highest BCUT2D eigenvalue weighted by atomic mass is 32.2. The van der Waals surface area contributed by atoms with Gasteiger partial charge in [0.15, 0.2) is 0 Å². The number of aryl methyl sites for hydroxylation is 1. The first-order chi connectivity index (χ1) is 11.5. The fraction of sp³-hybridized carbons (Fsp3) is 0.375. The van der Waals surface area contributed by atoms with Gasteiger partial charge in [-0.2, -0.15) is 0 Å². The molecule has 2 aromatic rings. The Balaban J connectivity index is 1.67. The molecule has 2 aromatic heterocycles. The molecule has 0 radical (unpaired) electrons. The zero-order valence-electron chi connectivity index (χ0n) is 13.3. The number of fused-ring (bicyclic) bond motifs is 1. The molecule has 0 saturated heterocycles. The zero-order valence-corrected chi connectivity index (χ0v) is 14.9. The average Bonchev–Trinajstić information content (AvgIpc) is 3.09. The van der Waals surface area contributed by atoms with Crippen LogP contribution in [-0.2, 0) is 27.8 Å². The van der Waals surface area contributed by atoms with E-state index in [1.54, 1.807) is 18.3 Å². The summed E-state index contributed by atoms with van der Waals surface area (Å²) in [5.41, 5.74) is 2.01. The van der Waals surface area contributed by atoms with Gasteiger partial charge in [-0.1, -0.05) is 6.07 Å². The number of nitrogens with one attached hydrogen (secondary N) is 2. The molecule has 1 atom stereocenters. The minimum Gasteiger partial charge on any atom is -0.351 e. The molecule has 1 amide bonds. The first-order valence-corrected chi connectivity index (χ1v) is 10.0. The van der Waals surface area contributed by atoms with E-state index in [1.807, 2.05) is 12.1 Å². The van der Waals surface area contributed by atoms with E-state index >= 15 is 0 Å². The number of sulfonamides is 1. The third-order valence-corrected chi connectivity index (χ3v) is 7.11. The molecule has 1 unspecified atom stereocenters. The van der Waals surface area contributed by atoms with Crippen LogP contribution in [0.25, 0.3) is 0 Å². The Kier molecular flexibility index (Phi) is 4.98. The van der Waals surface area contributed by atoms with Crippen LogP contribution in [0.5, 0.6) is 0 Å². The van der Waals surface area contributed by atoms with Gasteiger partial charge in [-0.3, -0.25) is 9.78 Å². The average molecular weight is 365 g/mol. The minimum absolute atomic E-state index is 0.0546. The quantitative estimate of drug-likeness (QED) is 0.845. The van der Waals surface area contributed by atoms with Crippen LogP contribution >= 0.6 is 11.3 Å². The van der Waals surface area contributed by atoms with E-state index in [0.717, 1.165) is 46.7 Å². The van der Waals surface area contributed by atoms with Crippen LogP contribution in [0, 0.1) is 0 Å². The number of thiophene rings is 1. The minimum atomic E-state index is -3.43. The van der Waals surface area contributed by atoms with Crippen LogP contribution in [-0.4, -0.2) is 26.4 Å². The highest BCUT2D eigenvalue weighted by Gasteiger charge is 2.27. The lowest BCUT2D eigenvalue weighted by Crippen LogP contribution is -2.31. The predicted octanol–water partition coefficient (Wildman–Crippen LogP) is 1.79. The highest BCUT2D eigenvalue weighted by Crippen LogP contribution is 2.30. The summed E-state index contributed by atoms with van der Waals surface area (Å²) in [5, 5.41) is 2.91. The van der Waals surface area contributed by atoms with Gasteiger partial charge in [-0.15, -0.1) is 11.3 Å². The van der Waals surface area contributed by atoms with Crippen LogP contribution in [0.1, 0.15) is 34.9 Å². The number of amides is 1. The van der Waals surface area contributed by atoms with Crippen LogP contribution in [0.3, 0.4) is 0 Å². The topological polar surface area (TPSA) is 88.2 Å². The molecule has 0 bridgehead atoms. The number of carbonyl (C=O) groups excluding carboxylic acids is 1. The third-order valence-electron chi connectivity index (χ3n) is 4.12. The second-order valence-corrected chi connectivity index (χ2v) is 8.92. The Labute approximate surface area is 145 Å². The molecule has 1 aliphatic carbocycles. The highest BCUT2D eigenvalue weighted by molar-refractivity contribution is 7.91. The number of hydrogen-bond donors (Lipinski definition) is 2. The monoisotopic (exact) mass is 365 g/mol. The second-order valence-electron chi connectivity index (χ2n) is 5.64. The van der Waals surface area contributed by atoms with Gasteiger partial charge in [-0.25, -0.2) is 13.1 Å². The Bertz CT molecular complexity index is 846. The van der Waals surface area contributed by atoms with E-state index in [4.69, 9.17) is 0 Å². The van der Waals surface area contributed by atoms with Crippen molar-refractivity contribution in [2.24, 2.45) is 0 Å². The molecular formula is C16H19N3O3S2. The summed E-state index contributed by atoms with van der Waals surface area (Å²) in [6.07, 6.45) is 4.45. The molecule has 1 aliphatic rings. The summed E-state index contributed by atoms with van der Waals surface area (Å²) in [6.45, 7) is 0.321. The largest absolute Gasteiger partial charge is 0.351 e. The van der Waals surface area contributed by atoms with E-state index in [0.29, 0.717) is 6.54 Å². The summed E-state index contributed by atoms with van der Waals surface area (Å²) in [5.74, 6) is -0.281. The third kappa shape index (κ3) is 3.50. The molecule has 0 saturated carbocycles. The number of hydrogen-bond acceptors (Lipinski definition) is 5. The smallest absolute Gasteiger partial charge is 0.249 e. The van der Waals surface area contributed by atoms with Gasteiger partial charge in [0.1, 0.15) is 4.21 Å². The van der Waals surface area contributed by atoms with Gasteiger partial charge in [0.05, 0.1) is 18.2 Å². The first-order valence-electron chi connectivity index (χ1n) is 7.75. The lowest BCUT2D eigenvalue weighted by molar-refractivity contribution is -0.123. The number of rotatable bonds is 5. The second kappa shape index (κ2) is 7.00. The summed E-state index contributed by atoms with van der Waals surface area (Å²) >= 11 is 1.16. The van der Waals surface area contributed by atoms with Gasteiger partial charge in [0, 0.05) is 11.1 Å². The molecule has 3 rings (SSSR count). The number of pyridine rings is 1. The zero-order chi connectivity index (χ0) is 17.2. The summed E-state index contributed by atoms with van der Waals surface area (Å²) in [4.78, 5) is 17.7. The standard InChI is InChI=1S/C16H19N3O3S2/c1-17-24(21,22)14-8-7-12(23-14)10-19-16(20)13-6-2-4-11-5-3-9-18-15(11)13/h3,5,7-9,13,17H,2,4,6,10H2,1H3,(H,19,20). The lowest BCUT2D eigenvalue weighted by Gasteiger charge is -2.23. The molecule has 0 aromatic carbocycles. The molecule has 24 heavy (non-hydrogen) atoms. The summed E-state index contributed by atoms with van der Waals surface area (Å²) < 4.78 is 26.0. The Morgan fingerprint density at radius 3 is 3.00 bits per heavy atom. The number of carbonyl (C=O) groups is 1. The van der Waals surface area contributed by atoms with Crippen molar-refractivity contribution < 1.29 is 13.2 Å². The lowest BCUT2D eigenvalue weighted by atomic mass is 9.86. The van der Waals surface area contributed by atoms with E-state index < -0.39 is 10.0 Å². The van der Waals surface area contributed by atoms with E-state index in [1.165, 1.54) is 7.05 Å². The SMILES string of the molecule is CNS(=O)(=O)c1ccc(CNC(=O)C2CCCc3cccnc32)s1. The Hall–Kier alpha value is -1.77. The maximum Gasteiger partial charge on any atom is 0.249 e. The molecular weight excluding hydrogens is 346 g/mol. The van der Waals surface area contributed by atoms with Gasteiger partial charge in [0.2, 0.25) is 15.9 Å². The van der Waals surface area contributed by atoms with E-state index in [-0.39, 0.29) is 16.0 Å². The van der Waals surface area contributed by atoms with Crippen LogP contribution in [0.4, 0.5) is 0 Å². The molecule has 6 nitrogen and oxygen atoms in total. The van der Waals surface area contributed by atoms with Crippen LogP contribution in [0.15, 0.2) is 34.7 Å². The van der Waals surface area contributed by atoms with Crippen molar-refractivity contribution in [1.82, 2.24) is 15.0 Å². The summed E-state index contributed by atoms with van der Waals surface area (Å²) in [6, 6.07) is 7.20. The fourth-order valence-electron chi connectivity index (χ4n) is 2.86. The van der Waals surface area contributed by atoms with Crippen molar-refractivity contribution in [3.8, 4) is 0 Å². The van der Waals surface area contributed by atoms with E-state index in [2.05, 4.69) is 15.0 Å². The first kappa shape index (κ1) is 17.1. The number of nitrogens with zero attached hydrogens (tertiary/aromatic N) is 1. The number of aromatic nitrogens is 1. The van der Waals surface area contributed by atoms with Crippen molar-refractivity contribution in [2.45, 2.75) is 35.9 Å². The Morgan fingerprint density at radius 1 is 1.38 bits per heavy atom. The van der Waals surface area contributed by atoms with Gasteiger partial charge < -0.3 is 5.32 Å². The fourth-order valence-corrected chi connectivity index (χ4v) is 4.99. The maximum atomic E-state index is 12.5. The summed E-state index contributed by atoms with van der Waals surface area (Å²) in [7, 11) is -2.05. The van der Waals surface area contributed by atoms with Gasteiger partial charge >= 0.3 is 0 Å². The van der Waals surface area contributed by atoms with Crippen molar-refractivity contribution >= 4 is 27.3 Å². The molecule has 0 spiro atoms. The van der Waals surface area contributed by atoms with Crippen molar-refractivity contribution in [1.29, 1.82) is 0 Å². The van der Waals surface area contributed by atoms with Gasteiger partial charge in [0.25, 0.3) is 0 Å². The molecule has 2 heterocycles.